The normalized spacial score (nSPS) is 15.1. The van der Waals surface area contributed by atoms with Crippen molar-refractivity contribution in [3.8, 4) is 0 Å². The van der Waals surface area contributed by atoms with Crippen molar-refractivity contribution in [2.45, 2.75) is 39.3 Å². The van der Waals surface area contributed by atoms with Gasteiger partial charge in [0.15, 0.2) is 0 Å². The highest BCUT2D eigenvalue weighted by Crippen LogP contribution is 2.20. The molecule has 0 fully saturated rings. The van der Waals surface area contributed by atoms with E-state index in [4.69, 9.17) is 4.98 Å². The number of H-pyrrole nitrogens is 2. The van der Waals surface area contributed by atoms with Gasteiger partial charge in [0.05, 0.1) is 5.69 Å². The zero-order valence-corrected chi connectivity index (χ0v) is 14.1. The maximum atomic E-state index is 12.3. The van der Waals surface area contributed by atoms with E-state index in [-0.39, 0.29) is 11.5 Å². The fourth-order valence-corrected chi connectivity index (χ4v) is 3.37. The number of hydrogen-bond acceptors (Lipinski definition) is 3. The van der Waals surface area contributed by atoms with Crippen LogP contribution in [0, 0.1) is 0 Å². The van der Waals surface area contributed by atoms with Crippen molar-refractivity contribution in [1.29, 1.82) is 0 Å². The Morgan fingerprint density at radius 3 is 3.00 bits per heavy atom. The Morgan fingerprint density at radius 2 is 2.17 bits per heavy atom. The molecule has 4 rings (SSSR count). The van der Waals surface area contributed by atoms with Gasteiger partial charge in [-0.1, -0.05) is 26.0 Å². The van der Waals surface area contributed by atoms with Gasteiger partial charge in [0, 0.05) is 42.8 Å². The van der Waals surface area contributed by atoms with Crippen LogP contribution in [0.1, 0.15) is 42.4 Å². The average molecular weight is 322 g/mol. The molecule has 0 bridgehead atoms. The molecule has 2 N–H and O–H groups in total. The van der Waals surface area contributed by atoms with E-state index in [2.05, 4.69) is 53.0 Å². The Hall–Kier alpha value is -2.40. The molecule has 1 aromatic carbocycles. The van der Waals surface area contributed by atoms with Gasteiger partial charge in [-0.05, 0) is 29.5 Å². The van der Waals surface area contributed by atoms with E-state index < -0.39 is 0 Å². The minimum Gasteiger partial charge on any atom is -0.361 e. The Kier molecular flexibility index (Phi) is 3.73. The van der Waals surface area contributed by atoms with E-state index in [9.17, 15) is 4.79 Å². The van der Waals surface area contributed by atoms with Crippen molar-refractivity contribution in [2.75, 3.05) is 6.54 Å². The molecule has 5 heteroatoms. The van der Waals surface area contributed by atoms with Gasteiger partial charge in [-0.15, -0.1) is 0 Å². The Bertz CT molecular complexity index is 938. The van der Waals surface area contributed by atoms with Crippen LogP contribution in [0.2, 0.25) is 0 Å². The summed E-state index contributed by atoms with van der Waals surface area (Å²) >= 11 is 0. The predicted molar refractivity (Wildman–Crippen MR) is 95.1 cm³/mol. The van der Waals surface area contributed by atoms with Gasteiger partial charge in [-0.2, -0.15) is 0 Å². The highest BCUT2D eigenvalue weighted by molar-refractivity contribution is 5.79. The second-order valence-corrected chi connectivity index (χ2v) is 6.89. The molecule has 0 atom stereocenters. The zero-order chi connectivity index (χ0) is 16.7. The van der Waals surface area contributed by atoms with Gasteiger partial charge in [0.1, 0.15) is 5.82 Å². The minimum atomic E-state index is 0.0381. The summed E-state index contributed by atoms with van der Waals surface area (Å²) in [6.45, 7) is 6.61. The van der Waals surface area contributed by atoms with Gasteiger partial charge in [-0.3, -0.25) is 9.69 Å². The molecule has 0 saturated carbocycles. The summed E-state index contributed by atoms with van der Waals surface area (Å²) in [7, 11) is 0. The molecule has 0 saturated heterocycles. The maximum Gasteiger partial charge on any atom is 0.254 e. The molecule has 2 aromatic heterocycles. The Morgan fingerprint density at radius 1 is 1.29 bits per heavy atom. The summed E-state index contributed by atoms with van der Waals surface area (Å²) in [5.41, 5.74) is 4.28. The number of nitrogens with one attached hydrogen (secondary N) is 2. The van der Waals surface area contributed by atoms with Crippen molar-refractivity contribution in [2.24, 2.45) is 0 Å². The molecule has 3 aromatic rings. The van der Waals surface area contributed by atoms with E-state index in [1.807, 2.05) is 6.20 Å². The molecule has 0 aliphatic carbocycles. The first-order valence-corrected chi connectivity index (χ1v) is 8.50. The summed E-state index contributed by atoms with van der Waals surface area (Å²) < 4.78 is 0. The monoisotopic (exact) mass is 322 g/mol. The number of rotatable bonds is 3. The number of hydrogen-bond donors (Lipinski definition) is 2. The summed E-state index contributed by atoms with van der Waals surface area (Å²) in [6.07, 6.45) is 2.73. The Balaban J connectivity index is 1.58. The summed E-state index contributed by atoms with van der Waals surface area (Å²) in [6, 6.07) is 8.62. The third kappa shape index (κ3) is 2.76. The van der Waals surface area contributed by atoms with Gasteiger partial charge < -0.3 is 9.97 Å². The van der Waals surface area contributed by atoms with Crippen molar-refractivity contribution in [1.82, 2.24) is 19.9 Å². The van der Waals surface area contributed by atoms with Crippen LogP contribution < -0.4 is 5.56 Å². The van der Waals surface area contributed by atoms with Crippen LogP contribution in [0.25, 0.3) is 10.9 Å². The third-order valence-electron chi connectivity index (χ3n) is 4.74. The highest BCUT2D eigenvalue weighted by atomic mass is 16.1. The SMILES string of the molecule is CC(C)c1nc2c(c(=O)[nH]1)CCN(Cc1ccc3cc[nH]c3c1)C2. The molecule has 0 unspecified atom stereocenters. The molecule has 24 heavy (non-hydrogen) atoms. The maximum absolute atomic E-state index is 12.3. The second-order valence-electron chi connectivity index (χ2n) is 6.89. The van der Waals surface area contributed by atoms with Crippen molar-refractivity contribution >= 4 is 10.9 Å². The van der Waals surface area contributed by atoms with Crippen LogP contribution in [-0.4, -0.2) is 26.4 Å². The van der Waals surface area contributed by atoms with Crippen molar-refractivity contribution in [3.63, 3.8) is 0 Å². The number of aromatic nitrogens is 3. The lowest BCUT2D eigenvalue weighted by Crippen LogP contribution is -2.35. The first-order valence-electron chi connectivity index (χ1n) is 8.50. The lowest BCUT2D eigenvalue weighted by Gasteiger charge is -2.28. The van der Waals surface area contributed by atoms with E-state index in [1.165, 1.54) is 16.5 Å². The zero-order valence-electron chi connectivity index (χ0n) is 14.1. The number of nitrogens with zero attached hydrogens (tertiary/aromatic N) is 2. The minimum absolute atomic E-state index is 0.0381. The topological polar surface area (TPSA) is 64.8 Å². The standard InChI is InChI=1S/C19H22N4O/c1-12(2)18-21-17-11-23(8-6-15(17)19(24)22-18)10-13-3-4-14-5-7-20-16(14)9-13/h3-5,7,9,12,20H,6,8,10-11H2,1-2H3,(H,21,22,24). The molecule has 124 valence electrons. The van der Waals surface area contributed by atoms with Gasteiger partial charge in [0.25, 0.3) is 5.56 Å². The van der Waals surface area contributed by atoms with E-state index in [0.717, 1.165) is 43.1 Å². The molecule has 0 amide bonds. The lowest BCUT2D eigenvalue weighted by atomic mass is 10.0. The molecular formula is C19H22N4O. The van der Waals surface area contributed by atoms with Crippen LogP contribution in [0.15, 0.2) is 35.3 Å². The van der Waals surface area contributed by atoms with Crippen LogP contribution in [0.4, 0.5) is 0 Å². The third-order valence-corrected chi connectivity index (χ3v) is 4.74. The number of fused-ring (bicyclic) bond motifs is 2. The predicted octanol–water partition coefficient (Wildman–Crippen LogP) is 2.93. The van der Waals surface area contributed by atoms with Crippen LogP contribution >= 0.6 is 0 Å². The van der Waals surface area contributed by atoms with Gasteiger partial charge in [-0.25, -0.2) is 4.98 Å². The number of aromatic amines is 2. The van der Waals surface area contributed by atoms with E-state index in [0.29, 0.717) is 0 Å². The summed E-state index contributed by atoms with van der Waals surface area (Å²) in [5.74, 6) is 1.02. The summed E-state index contributed by atoms with van der Waals surface area (Å²) in [4.78, 5) is 25.5. The van der Waals surface area contributed by atoms with Crippen LogP contribution in [0.3, 0.4) is 0 Å². The number of benzene rings is 1. The quantitative estimate of drug-likeness (QED) is 0.779. The van der Waals surface area contributed by atoms with Crippen molar-refractivity contribution < 1.29 is 0 Å². The first-order chi connectivity index (χ1) is 11.6. The Labute approximate surface area is 140 Å². The molecule has 3 heterocycles. The van der Waals surface area contributed by atoms with Gasteiger partial charge >= 0.3 is 0 Å². The second kappa shape index (κ2) is 5.91. The largest absolute Gasteiger partial charge is 0.361 e. The summed E-state index contributed by atoms with van der Waals surface area (Å²) in [5, 5.41) is 1.23. The van der Waals surface area contributed by atoms with Crippen LogP contribution in [-0.2, 0) is 19.5 Å². The van der Waals surface area contributed by atoms with E-state index in [1.54, 1.807) is 0 Å². The fraction of sp³-hybridized carbons (Fsp3) is 0.368. The van der Waals surface area contributed by atoms with Crippen LogP contribution in [0.5, 0.6) is 0 Å². The lowest BCUT2D eigenvalue weighted by molar-refractivity contribution is 0.240. The highest BCUT2D eigenvalue weighted by Gasteiger charge is 2.21. The fourth-order valence-electron chi connectivity index (χ4n) is 3.37. The smallest absolute Gasteiger partial charge is 0.254 e. The molecular weight excluding hydrogens is 300 g/mol. The van der Waals surface area contributed by atoms with E-state index >= 15 is 0 Å². The van der Waals surface area contributed by atoms with Crippen molar-refractivity contribution in [3.05, 3.63) is 63.5 Å². The molecule has 5 nitrogen and oxygen atoms in total. The molecule has 1 aliphatic heterocycles. The molecule has 0 spiro atoms. The first kappa shape index (κ1) is 15.1. The molecule has 0 radical (unpaired) electrons. The molecule has 1 aliphatic rings. The van der Waals surface area contributed by atoms with Gasteiger partial charge in [0.2, 0.25) is 0 Å². The average Bonchev–Trinajstić information content (AvgIpc) is 3.02.